The van der Waals surface area contributed by atoms with Gasteiger partial charge in [0.15, 0.2) is 0 Å². The van der Waals surface area contributed by atoms with E-state index in [1.807, 2.05) is 56.3 Å². The standard InChI is InChI=1S/C17H17N3O/c1-10-6-7-14(11(2)8-10)20-17(21)15-9-12-4-3-5-13(18)16(12)19-15/h3-9,19H,18H2,1-2H3,(H,20,21). The predicted molar refractivity (Wildman–Crippen MR) is 86.6 cm³/mol. The highest BCUT2D eigenvalue weighted by Crippen LogP contribution is 2.22. The average molecular weight is 279 g/mol. The third-order valence-electron chi connectivity index (χ3n) is 3.56. The molecule has 4 nitrogen and oxygen atoms in total. The number of carbonyl (C=O) groups excluding carboxylic acids is 1. The molecule has 21 heavy (non-hydrogen) atoms. The number of nitrogens with one attached hydrogen (secondary N) is 2. The van der Waals surface area contributed by atoms with Crippen LogP contribution in [0.5, 0.6) is 0 Å². The van der Waals surface area contributed by atoms with Crippen LogP contribution < -0.4 is 11.1 Å². The van der Waals surface area contributed by atoms with Gasteiger partial charge in [-0.2, -0.15) is 0 Å². The minimum atomic E-state index is -0.169. The van der Waals surface area contributed by atoms with Gasteiger partial charge in [0.05, 0.1) is 11.2 Å². The number of hydrogen-bond acceptors (Lipinski definition) is 2. The average Bonchev–Trinajstić information content (AvgIpc) is 2.87. The van der Waals surface area contributed by atoms with Gasteiger partial charge in [0.1, 0.15) is 5.69 Å². The molecule has 0 fully saturated rings. The molecule has 4 heteroatoms. The maximum Gasteiger partial charge on any atom is 0.272 e. The van der Waals surface area contributed by atoms with Crippen molar-refractivity contribution in [2.75, 3.05) is 11.1 Å². The molecular formula is C17H17N3O. The van der Waals surface area contributed by atoms with Gasteiger partial charge in [-0.05, 0) is 37.6 Å². The SMILES string of the molecule is Cc1ccc(NC(=O)c2cc3cccc(N)c3[nH]2)c(C)c1. The van der Waals surface area contributed by atoms with Crippen LogP contribution >= 0.6 is 0 Å². The lowest BCUT2D eigenvalue weighted by Gasteiger charge is -2.08. The molecule has 2 aromatic carbocycles. The molecular weight excluding hydrogens is 262 g/mol. The summed E-state index contributed by atoms with van der Waals surface area (Å²) in [5.74, 6) is -0.169. The number of hydrogen-bond donors (Lipinski definition) is 3. The van der Waals surface area contributed by atoms with Crippen LogP contribution in [0.4, 0.5) is 11.4 Å². The summed E-state index contributed by atoms with van der Waals surface area (Å²) in [5, 5.41) is 3.85. The minimum absolute atomic E-state index is 0.169. The van der Waals surface area contributed by atoms with Crippen LogP contribution in [0.15, 0.2) is 42.5 Å². The number of nitrogens with two attached hydrogens (primary N) is 1. The smallest absolute Gasteiger partial charge is 0.272 e. The number of anilines is 2. The molecule has 0 aliphatic heterocycles. The number of carbonyl (C=O) groups is 1. The van der Waals surface area contributed by atoms with Crippen LogP contribution in [0.25, 0.3) is 10.9 Å². The highest BCUT2D eigenvalue weighted by atomic mass is 16.1. The van der Waals surface area contributed by atoms with E-state index in [9.17, 15) is 4.79 Å². The van der Waals surface area contributed by atoms with E-state index < -0.39 is 0 Å². The van der Waals surface area contributed by atoms with Crippen LogP contribution in [0, 0.1) is 13.8 Å². The molecule has 0 bridgehead atoms. The van der Waals surface area contributed by atoms with Gasteiger partial charge in [0.25, 0.3) is 5.91 Å². The largest absolute Gasteiger partial charge is 0.397 e. The number of H-pyrrole nitrogens is 1. The van der Waals surface area contributed by atoms with Crippen molar-refractivity contribution in [1.82, 2.24) is 4.98 Å². The predicted octanol–water partition coefficient (Wildman–Crippen LogP) is 3.62. The summed E-state index contributed by atoms with van der Waals surface area (Å²) in [4.78, 5) is 15.4. The number of aromatic nitrogens is 1. The molecule has 0 spiro atoms. The number of benzene rings is 2. The Kier molecular flexibility index (Phi) is 3.14. The van der Waals surface area contributed by atoms with Crippen LogP contribution in [0.2, 0.25) is 0 Å². The van der Waals surface area contributed by atoms with E-state index in [4.69, 9.17) is 5.73 Å². The maximum absolute atomic E-state index is 12.3. The van der Waals surface area contributed by atoms with E-state index in [-0.39, 0.29) is 5.91 Å². The summed E-state index contributed by atoms with van der Waals surface area (Å²) in [6.07, 6.45) is 0. The number of rotatable bonds is 2. The van der Waals surface area contributed by atoms with Gasteiger partial charge in [0, 0.05) is 11.1 Å². The summed E-state index contributed by atoms with van der Waals surface area (Å²) in [5.41, 5.74) is 10.9. The van der Waals surface area contributed by atoms with Crippen molar-refractivity contribution < 1.29 is 4.79 Å². The van der Waals surface area contributed by atoms with E-state index in [1.165, 1.54) is 5.56 Å². The zero-order valence-corrected chi connectivity index (χ0v) is 12.0. The fourth-order valence-corrected chi connectivity index (χ4v) is 2.45. The number of para-hydroxylation sites is 1. The van der Waals surface area contributed by atoms with Crippen molar-refractivity contribution in [3.63, 3.8) is 0 Å². The zero-order chi connectivity index (χ0) is 15.0. The highest BCUT2D eigenvalue weighted by molar-refractivity contribution is 6.07. The first-order valence-electron chi connectivity index (χ1n) is 6.80. The van der Waals surface area contributed by atoms with Gasteiger partial charge >= 0.3 is 0 Å². The summed E-state index contributed by atoms with van der Waals surface area (Å²) in [6.45, 7) is 4.00. The molecule has 1 aromatic heterocycles. The van der Waals surface area contributed by atoms with Gasteiger partial charge in [0.2, 0.25) is 0 Å². The zero-order valence-electron chi connectivity index (χ0n) is 12.0. The van der Waals surface area contributed by atoms with Gasteiger partial charge in [-0.1, -0.05) is 29.8 Å². The first-order valence-corrected chi connectivity index (χ1v) is 6.80. The van der Waals surface area contributed by atoms with Gasteiger partial charge in [-0.15, -0.1) is 0 Å². The van der Waals surface area contributed by atoms with Gasteiger partial charge in [-0.3, -0.25) is 4.79 Å². The molecule has 3 aromatic rings. The molecule has 0 saturated heterocycles. The van der Waals surface area contributed by atoms with Gasteiger partial charge in [-0.25, -0.2) is 0 Å². The topological polar surface area (TPSA) is 70.9 Å². The van der Waals surface area contributed by atoms with E-state index in [1.54, 1.807) is 0 Å². The maximum atomic E-state index is 12.3. The van der Waals surface area contributed by atoms with Crippen molar-refractivity contribution in [2.24, 2.45) is 0 Å². The minimum Gasteiger partial charge on any atom is -0.397 e. The first-order chi connectivity index (χ1) is 10.0. The molecule has 0 atom stereocenters. The fraction of sp³-hybridized carbons (Fsp3) is 0.118. The third kappa shape index (κ3) is 2.48. The van der Waals surface area contributed by atoms with Crippen molar-refractivity contribution in [2.45, 2.75) is 13.8 Å². The fourth-order valence-electron chi connectivity index (χ4n) is 2.45. The molecule has 0 saturated carbocycles. The second-order valence-corrected chi connectivity index (χ2v) is 5.27. The van der Waals surface area contributed by atoms with E-state index in [0.29, 0.717) is 11.4 Å². The Labute approximate surface area is 123 Å². The van der Waals surface area contributed by atoms with Crippen LogP contribution in [-0.4, -0.2) is 10.9 Å². The normalized spacial score (nSPS) is 10.8. The molecule has 0 aliphatic carbocycles. The first kappa shape index (κ1) is 13.2. The van der Waals surface area contributed by atoms with Crippen molar-refractivity contribution in [1.29, 1.82) is 0 Å². The molecule has 4 N–H and O–H groups in total. The molecule has 0 radical (unpaired) electrons. The lowest BCUT2D eigenvalue weighted by molar-refractivity contribution is 0.102. The van der Waals surface area contributed by atoms with Gasteiger partial charge < -0.3 is 16.0 Å². The molecule has 0 aliphatic rings. The molecule has 1 amide bonds. The van der Waals surface area contributed by atoms with E-state index in [2.05, 4.69) is 10.3 Å². The van der Waals surface area contributed by atoms with Crippen LogP contribution in [0.3, 0.4) is 0 Å². The van der Waals surface area contributed by atoms with Crippen LogP contribution in [-0.2, 0) is 0 Å². The highest BCUT2D eigenvalue weighted by Gasteiger charge is 2.12. The number of aryl methyl sites for hydroxylation is 2. The number of amides is 1. The quantitative estimate of drug-likeness (QED) is 0.627. The summed E-state index contributed by atoms with van der Waals surface area (Å²) < 4.78 is 0. The lowest BCUT2D eigenvalue weighted by atomic mass is 10.1. The van der Waals surface area contributed by atoms with E-state index >= 15 is 0 Å². The Hall–Kier alpha value is -2.75. The molecule has 3 rings (SSSR count). The number of fused-ring (bicyclic) bond motifs is 1. The monoisotopic (exact) mass is 279 g/mol. The Balaban J connectivity index is 1.92. The molecule has 0 unspecified atom stereocenters. The second-order valence-electron chi connectivity index (χ2n) is 5.27. The molecule has 106 valence electrons. The second kappa shape index (κ2) is 4.98. The van der Waals surface area contributed by atoms with Crippen molar-refractivity contribution in [3.8, 4) is 0 Å². The van der Waals surface area contributed by atoms with E-state index in [0.717, 1.165) is 22.2 Å². The lowest BCUT2D eigenvalue weighted by Crippen LogP contribution is -2.13. The Bertz CT molecular complexity index is 833. The molecule has 1 heterocycles. The van der Waals surface area contributed by atoms with Crippen molar-refractivity contribution >= 4 is 28.2 Å². The number of nitrogen functional groups attached to an aromatic ring is 1. The van der Waals surface area contributed by atoms with Crippen molar-refractivity contribution in [3.05, 3.63) is 59.3 Å². The number of aromatic amines is 1. The third-order valence-corrected chi connectivity index (χ3v) is 3.56. The Morgan fingerprint density at radius 1 is 1.14 bits per heavy atom. The van der Waals surface area contributed by atoms with Crippen LogP contribution in [0.1, 0.15) is 21.6 Å². The summed E-state index contributed by atoms with van der Waals surface area (Å²) in [7, 11) is 0. The Morgan fingerprint density at radius 3 is 2.67 bits per heavy atom. The summed E-state index contributed by atoms with van der Waals surface area (Å²) >= 11 is 0. The Morgan fingerprint density at radius 2 is 1.95 bits per heavy atom. The summed E-state index contributed by atoms with van der Waals surface area (Å²) in [6, 6.07) is 13.4.